The molecule has 0 bridgehead atoms. The van der Waals surface area contributed by atoms with Crippen molar-refractivity contribution in [2.75, 3.05) is 6.54 Å². The van der Waals surface area contributed by atoms with E-state index in [4.69, 9.17) is 4.74 Å². The lowest BCUT2D eigenvalue weighted by Gasteiger charge is -2.25. The number of rotatable bonds is 6. The molecule has 0 amide bonds. The van der Waals surface area contributed by atoms with E-state index in [1.165, 1.54) is 17.5 Å². The van der Waals surface area contributed by atoms with Crippen LogP contribution in [0.5, 0.6) is 5.75 Å². The Morgan fingerprint density at radius 1 is 1.37 bits per heavy atom. The molecule has 0 spiro atoms. The average Bonchev–Trinajstić information content (AvgIpc) is 2.76. The summed E-state index contributed by atoms with van der Waals surface area (Å²) in [6.45, 7) is 9.98. The van der Waals surface area contributed by atoms with Gasteiger partial charge in [0.1, 0.15) is 11.9 Å². The van der Waals surface area contributed by atoms with Crippen molar-refractivity contribution in [2.45, 2.75) is 59.1 Å². The van der Waals surface area contributed by atoms with Crippen LogP contribution in [0.25, 0.3) is 0 Å². The minimum atomic E-state index is 0.361. The summed E-state index contributed by atoms with van der Waals surface area (Å²) in [6, 6.07) is 7.13. The van der Waals surface area contributed by atoms with Crippen LogP contribution in [-0.2, 0) is 6.42 Å². The molecule has 3 unspecified atom stereocenters. The van der Waals surface area contributed by atoms with Gasteiger partial charge in [-0.1, -0.05) is 38.5 Å². The zero-order valence-corrected chi connectivity index (χ0v) is 12.7. The molecule has 1 heterocycles. The highest BCUT2D eigenvalue weighted by Crippen LogP contribution is 2.32. The van der Waals surface area contributed by atoms with E-state index in [1.54, 1.807) is 0 Å². The lowest BCUT2D eigenvalue weighted by atomic mass is 9.92. The molecule has 0 aromatic heterocycles. The number of aryl methyl sites for hydroxylation is 1. The van der Waals surface area contributed by atoms with Crippen LogP contribution in [0.1, 0.15) is 44.7 Å². The van der Waals surface area contributed by atoms with Gasteiger partial charge < -0.3 is 10.1 Å². The number of hydrogen-bond acceptors (Lipinski definition) is 2. The molecule has 1 aromatic carbocycles. The summed E-state index contributed by atoms with van der Waals surface area (Å²) >= 11 is 0. The molecule has 1 aliphatic rings. The van der Waals surface area contributed by atoms with Gasteiger partial charge >= 0.3 is 0 Å². The van der Waals surface area contributed by atoms with Crippen LogP contribution in [-0.4, -0.2) is 18.7 Å². The molecule has 2 nitrogen and oxygen atoms in total. The third-order valence-electron chi connectivity index (χ3n) is 4.18. The van der Waals surface area contributed by atoms with Gasteiger partial charge in [0.05, 0.1) is 0 Å². The normalized spacial score (nSPS) is 20.7. The topological polar surface area (TPSA) is 21.3 Å². The molecule has 0 fully saturated rings. The summed E-state index contributed by atoms with van der Waals surface area (Å²) < 4.78 is 6.08. The van der Waals surface area contributed by atoms with Crippen molar-refractivity contribution < 1.29 is 4.74 Å². The first-order valence-electron chi connectivity index (χ1n) is 7.63. The molecule has 0 aliphatic carbocycles. The van der Waals surface area contributed by atoms with Gasteiger partial charge in [-0.2, -0.15) is 0 Å². The van der Waals surface area contributed by atoms with Crippen LogP contribution in [0, 0.1) is 12.8 Å². The maximum Gasteiger partial charge on any atom is 0.123 e. The van der Waals surface area contributed by atoms with E-state index in [0.29, 0.717) is 18.1 Å². The maximum atomic E-state index is 6.08. The van der Waals surface area contributed by atoms with E-state index in [1.807, 2.05) is 0 Å². The van der Waals surface area contributed by atoms with Crippen molar-refractivity contribution in [2.24, 2.45) is 5.92 Å². The van der Waals surface area contributed by atoms with E-state index in [-0.39, 0.29) is 0 Å². The molecule has 19 heavy (non-hydrogen) atoms. The fourth-order valence-corrected chi connectivity index (χ4v) is 3.17. The second-order valence-electron chi connectivity index (χ2n) is 5.84. The Balaban J connectivity index is 1.92. The van der Waals surface area contributed by atoms with E-state index >= 15 is 0 Å². The molecule has 1 aliphatic heterocycles. The second kappa shape index (κ2) is 6.42. The maximum absolute atomic E-state index is 6.08. The highest BCUT2D eigenvalue weighted by molar-refractivity contribution is 5.40. The molecule has 106 valence electrons. The first-order chi connectivity index (χ1) is 9.13. The SMILES string of the molecule is CCNC(CC)C(C)CC1Cc2cc(C)ccc2O1. The minimum absolute atomic E-state index is 0.361. The largest absolute Gasteiger partial charge is 0.490 e. The predicted octanol–water partition coefficient (Wildman–Crippen LogP) is 3.71. The van der Waals surface area contributed by atoms with Gasteiger partial charge in [0, 0.05) is 12.5 Å². The van der Waals surface area contributed by atoms with Crippen molar-refractivity contribution in [1.29, 1.82) is 0 Å². The number of nitrogens with one attached hydrogen (secondary N) is 1. The molecule has 1 N–H and O–H groups in total. The third kappa shape index (κ3) is 3.50. The highest BCUT2D eigenvalue weighted by atomic mass is 16.5. The fraction of sp³-hybridized carbons (Fsp3) is 0.647. The third-order valence-corrected chi connectivity index (χ3v) is 4.18. The van der Waals surface area contributed by atoms with Crippen molar-refractivity contribution >= 4 is 0 Å². The molecule has 2 heteroatoms. The van der Waals surface area contributed by atoms with E-state index < -0.39 is 0 Å². The van der Waals surface area contributed by atoms with E-state index in [9.17, 15) is 0 Å². The predicted molar refractivity (Wildman–Crippen MR) is 80.8 cm³/mol. The molecule has 1 aromatic rings. The Morgan fingerprint density at radius 3 is 2.84 bits per heavy atom. The molecule has 0 saturated carbocycles. The summed E-state index contributed by atoms with van der Waals surface area (Å²) in [5.74, 6) is 1.75. The van der Waals surface area contributed by atoms with Gasteiger partial charge in [-0.3, -0.25) is 0 Å². The quantitative estimate of drug-likeness (QED) is 0.843. The smallest absolute Gasteiger partial charge is 0.123 e. The number of hydrogen-bond donors (Lipinski definition) is 1. The lowest BCUT2D eigenvalue weighted by Crippen LogP contribution is -2.36. The molecule has 0 radical (unpaired) electrons. The van der Waals surface area contributed by atoms with E-state index in [2.05, 4.69) is 51.2 Å². The lowest BCUT2D eigenvalue weighted by molar-refractivity contribution is 0.181. The number of benzene rings is 1. The van der Waals surface area contributed by atoms with Gasteiger partial charge in [0.25, 0.3) is 0 Å². The van der Waals surface area contributed by atoms with Crippen LogP contribution < -0.4 is 10.1 Å². The van der Waals surface area contributed by atoms with Gasteiger partial charge in [0.2, 0.25) is 0 Å². The summed E-state index contributed by atoms with van der Waals surface area (Å²) in [7, 11) is 0. The average molecular weight is 261 g/mol. The summed E-state index contributed by atoms with van der Waals surface area (Å²) in [5.41, 5.74) is 2.71. The van der Waals surface area contributed by atoms with Gasteiger partial charge in [0.15, 0.2) is 0 Å². The highest BCUT2D eigenvalue weighted by Gasteiger charge is 2.26. The first kappa shape index (κ1) is 14.4. The van der Waals surface area contributed by atoms with Gasteiger partial charge in [-0.25, -0.2) is 0 Å². The molecular weight excluding hydrogens is 234 g/mol. The van der Waals surface area contributed by atoms with Crippen LogP contribution >= 0.6 is 0 Å². The van der Waals surface area contributed by atoms with E-state index in [0.717, 1.165) is 25.1 Å². The second-order valence-corrected chi connectivity index (χ2v) is 5.84. The van der Waals surface area contributed by atoms with Crippen LogP contribution in [0.3, 0.4) is 0 Å². The molecule has 3 atom stereocenters. The standard InChI is InChI=1S/C17H27NO/c1-5-16(18-6-2)13(4)10-15-11-14-9-12(3)7-8-17(14)19-15/h7-9,13,15-16,18H,5-6,10-11H2,1-4H3. The van der Waals surface area contributed by atoms with Crippen molar-refractivity contribution in [3.05, 3.63) is 29.3 Å². The Bertz CT molecular complexity index is 416. The molecule has 0 saturated heterocycles. The minimum Gasteiger partial charge on any atom is -0.490 e. The monoisotopic (exact) mass is 261 g/mol. The Kier molecular flexibility index (Phi) is 4.87. The summed E-state index contributed by atoms with van der Waals surface area (Å²) in [6.07, 6.45) is 3.76. The number of fused-ring (bicyclic) bond motifs is 1. The van der Waals surface area contributed by atoms with Crippen molar-refractivity contribution in [3.63, 3.8) is 0 Å². The summed E-state index contributed by atoms with van der Waals surface area (Å²) in [4.78, 5) is 0. The molecule has 2 rings (SSSR count). The zero-order chi connectivity index (χ0) is 13.8. The van der Waals surface area contributed by atoms with Crippen LogP contribution in [0.15, 0.2) is 18.2 Å². The van der Waals surface area contributed by atoms with Gasteiger partial charge in [-0.15, -0.1) is 0 Å². The summed E-state index contributed by atoms with van der Waals surface area (Å²) in [5, 5.41) is 3.58. The van der Waals surface area contributed by atoms with Crippen molar-refractivity contribution in [3.8, 4) is 5.75 Å². The Labute approximate surface area is 117 Å². The number of ether oxygens (including phenoxy) is 1. The Morgan fingerprint density at radius 2 is 2.16 bits per heavy atom. The zero-order valence-electron chi connectivity index (χ0n) is 12.7. The fourth-order valence-electron chi connectivity index (χ4n) is 3.17. The van der Waals surface area contributed by atoms with Crippen LogP contribution in [0.4, 0.5) is 0 Å². The van der Waals surface area contributed by atoms with Crippen molar-refractivity contribution in [1.82, 2.24) is 5.32 Å². The molecular formula is C17H27NO. The van der Waals surface area contributed by atoms with Crippen LogP contribution in [0.2, 0.25) is 0 Å². The van der Waals surface area contributed by atoms with Gasteiger partial charge in [-0.05, 0) is 43.9 Å². The Hall–Kier alpha value is -1.02. The first-order valence-corrected chi connectivity index (χ1v) is 7.63.